The lowest BCUT2D eigenvalue weighted by atomic mass is 10.2. The summed E-state index contributed by atoms with van der Waals surface area (Å²) in [5.74, 6) is 0. The molecule has 15 heavy (non-hydrogen) atoms. The molecule has 1 aromatic rings. The summed E-state index contributed by atoms with van der Waals surface area (Å²) in [6.45, 7) is 3.48. The number of aliphatic hydroxyl groups is 1. The van der Waals surface area contributed by atoms with Gasteiger partial charge in [-0.3, -0.25) is 0 Å². The van der Waals surface area contributed by atoms with Crippen molar-refractivity contribution in [2.75, 3.05) is 12.8 Å². The van der Waals surface area contributed by atoms with Gasteiger partial charge in [-0.05, 0) is 30.4 Å². The van der Waals surface area contributed by atoms with Gasteiger partial charge in [-0.25, -0.2) is 0 Å². The zero-order valence-electron chi connectivity index (χ0n) is 9.36. The largest absolute Gasteiger partial charge is 0.392 e. The Morgan fingerprint density at radius 2 is 2.00 bits per heavy atom. The summed E-state index contributed by atoms with van der Waals surface area (Å²) >= 11 is 1.75. The topological polar surface area (TPSA) is 32.3 Å². The number of thioether (sulfide) groups is 1. The van der Waals surface area contributed by atoms with Gasteiger partial charge in [0, 0.05) is 18.0 Å². The molecule has 2 N–H and O–H groups in total. The first kappa shape index (κ1) is 12.6. The van der Waals surface area contributed by atoms with Crippen molar-refractivity contribution < 1.29 is 5.11 Å². The van der Waals surface area contributed by atoms with Crippen LogP contribution in [0.4, 0.5) is 0 Å². The highest BCUT2D eigenvalue weighted by atomic mass is 32.2. The fourth-order valence-electron chi connectivity index (χ4n) is 1.27. The number of hydrogen-bond acceptors (Lipinski definition) is 3. The molecule has 2 nitrogen and oxygen atoms in total. The first-order valence-electron chi connectivity index (χ1n) is 5.28. The van der Waals surface area contributed by atoms with Gasteiger partial charge >= 0.3 is 0 Å². The van der Waals surface area contributed by atoms with Gasteiger partial charge in [0.2, 0.25) is 0 Å². The Morgan fingerprint density at radius 1 is 1.33 bits per heavy atom. The van der Waals surface area contributed by atoms with E-state index in [0.717, 1.165) is 13.0 Å². The summed E-state index contributed by atoms with van der Waals surface area (Å²) in [6.07, 6.45) is 2.65. The molecule has 1 aromatic carbocycles. The van der Waals surface area contributed by atoms with E-state index < -0.39 is 0 Å². The molecule has 0 aliphatic carbocycles. The van der Waals surface area contributed by atoms with Crippen LogP contribution in [0.2, 0.25) is 0 Å². The van der Waals surface area contributed by atoms with Crippen molar-refractivity contribution in [1.82, 2.24) is 5.32 Å². The van der Waals surface area contributed by atoms with E-state index in [-0.39, 0.29) is 6.10 Å². The maximum Gasteiger partial charge on any atom is 0.0662 e. The van der Waals surface area contributed by atoms with Crippen LogP contribution in [-0.2, 0) is 6.54 Å². The lowest BCUT2D eigenvalue weighted by molar-refractivity contribution is 0.167. The molecule has 1 atom stereocenters. The lowest BCUT2D eigenvalue weighted by Gasteiger charge is -2.09. The van der Waals surface area contributed by atoms with Crippen LogP contribution in [0.1, 0.15) is 18.9 Å². The van der Waals surface area contributed by atoms with Gasteiger partial charge in [-0.2, -0.15) is 0 Å². The van der Waals surface area contributed by atoms with E-state index in [1.165, 1.54) is 10.5 Å². The Hall–Kier alpha value is -0.510. The first-order valence-corrected chi connectivity index (χ1v) is 6.50. The van der Waals surface area contributed by atoms with Crippen molar-refractivity contribution in [2.24, 2.45) is 0 Å². The predicted molar refractivity (Wildman–Crippen MR) is 66.2 cm³/mol. The summed E-state index contributed by atoms with van der Waals surface area (Å²) < 4.78 is 0. The Balaban J connectivity index is 2.31. The highest BCUT2D eigenvalue weighted by Crippen LogP contribution is 2.14. The molecular formula is C12H19NOS. The maximum atomic E-state index is 9.35. The standard InChI is InChI=1S/C12H19NOS/c1-3-11(14)9-13-8-10-4-6-12(15-2)7-5-10/h4-7,11,13-14H,3,8-9H2,1-2H3. The molecule has 84 valence electrons. The number of rotatable bonds is 6. The van der Waals surface area contributed by atoms with E-state index in [4.69, 9.17) is 0 Å². The fraction of sp³-hybridized carbons (Fsp3) is 0.500. The lowest BCUT2D eigenvalue weighted by Crippen LogP contribution is -2.25. The summed E-state index contributed by atoms with van der Waals surface area (Å²) in [7, 11) is 0. The molecule has 0 aliphatic rings. The van der Waals surface area contributed by atoms with E-state index >= 15 is 0 Å². The van der Waals surface area contributed by atoms with Crippen LogP contribution >= 0.6 is 11.8 Å². The maximum absolute atomic E-state index is 9.35. The molecule has 0 amide bonds. The minimum atomic E-state index is -0.226. The van der Waals surface area contributed by atoms with E-state index in [0.29, 0.717) is 6.54 Å². The van der Waals surface area contributed by atoms with Crippen LogP contribution in [0.25, 0.3) is 0 Å². The number of nitrogens with one attached hydrogen (secondary N) is 1. The average molecular weight is 225 g/mol. The number of aliphatic hydroxyl groups excluding tert-OH is 1. The van der Waals surface area contributed by atoms with Gasteiger partial charge < -0.3 is 10.4 Å². The molecule has 1 rings (SSSR count). The SMILES string of the molecule is CCC(O)CNCc1ccc(SC)cc1. The monoisotopic (exact) mass is 225 g/mol. The van der Waals surface area contributed by atoms with Crippen molar-refractivity contribution in [3.8, 4) is 0 Å². The highest BCUT2D eigenvalue weighted by Gasteiger charge is 1.99. The molecule has 0 bridgehead atoms. The molecule has 0 heterocycles. The quantitative estimate of drug-likeness (QED) is 0.728. The van der Waals surface area contributed by atoms with Crippen LogP contribution in [0.15, 0.2) is 29.2 Å². The van der Waals surface area contributed by atoms with E-state index in [2.05, 4.69) is 35.8 Å². The zero-order valence-corrected chi connectivity index (χ0v) is 10.2. The van der Waals surface area contributed by atoms with Crippen molar-refractivity contribution in [3.63, 3.8) is 0 Å². The molecular weight excluding hydrogens is 206 g/mol. The Bertz CT molecular complexity index is 273. The molecule has 3 heteroatoms. The van der Waals surface area contributed by atoms with Crippen LogP contribution < -0.4 is 5.32 Å². The van der Waals surface area contributed by atoms with E-state index in [9.17, 15) is 5.11 Å². The molecule has 0 aromatic heterocycles. The molecule has 0 saturated heterocycles. The number of benzene rings is 1. The normalized spacial score (nSPS) is 12.7. The van der Waals surface area contributed by atoms with Gasteiger partial charge in [0.05, 0.1) is 6.10 Å². The highest BCUT2D eigenvalue weighted by molar-refractivity contribution is 7.98. The van der Waals surface area contributed by atoms with Crippen LogP contribution in [0.3, 0.4) is 0 Å². The second kappa shape index (κ2) is 6.88. The van der Waals surface area contributed by atoms with Gasteiger partial charge in [0.1, 0.15) is 0 Å². The van der Waals surface area contributed by atoms with Gasteiger partial charge in [0.15, 0.2) is 0 Å². The Labute approximate surface area is 96.1 Å². The smallest absolute Gasteiger partial charge is 0.0662 e. The van der Waals surface area contributed by atoms with Gasteiger partial charge in [-0.1, -0.05) is 19.1 Å². The van der Waals surface area contributed by atoms with Crippen LogP contribution in [0, 0.1) is 0 Å². The summed E-state index contributed by atoms with van der Waals surface area (Å²) in [5.41, 5.74) is 1.26. The minimum Gasteiger partial charge on any atom is -0.392 e. The van der Waals surface area contributed by atoms with Gasteiger partial charge in [-0.15, -0.1) is 11.8 Å². The third-order valence-electron chi connectivity index (χ3n) is 2.34. The molecule has 0 aliphatic heterocycles. The molecule has 0 saturated carbocycles. The third kappa shape index (κ3) is 4.69. The third-order valence-corrected chi connectivity index (χ3v) is 3.08. The van der Waals surface area contributed by atoms with Crippen LogP contribution in [0.5, 0.6) is 0 Å². The van der Waals surface area contributed by atoms with Crippen molar-refractivity contribution in [1.29, 1.82) is 0 Å². The summed E-state index contributed by atoms with van der Waals surface area (Å²) in [6, 6.07) is 8.49. The number of hydrogen-bond donors (Lipinski definition) is 2. The van der Waals surface area contributed by atoms with Crippen molar-refractivity contribution in [3.05, 3.63) is 29.8 Å². The van der Waals surface area contributed by atoms with Crippen LogP contribution in [-0.4, -0.2) is 24.0 Å². The van der Waals surface area contributed by atoms with Crippen molar-refractivity contribution >= 4 is 11.8 Å². The Morgan fingerprint density at radius 3 is 2.53 bits per heavy atom. The molecule has 0 radical (unpaired) electrons. The molecule has 0 spiro atoms. The van der Waals surface area contributed by atoms with E-state index in [1.54, 1.807) is 11.8 Å². The van der Waals surface area contributed by atoms with E-state index in [1.807, 2.05) is 6.92 Å². The Kier molecular flexibility index (Phi) is 5.76. The minimum absolute atomic E-state index is 0.226. The first-order chi connectivity index (χ1) is 7.26. The fourth-order valence-corrected chi connectivity index (χ4v) is 1.68. The zero-order chi connectivity index (χ0) is 11.1. The molecule has 0 fully saturated rings. The second-order valence-electron chi connectivity index (χ2n) is 3.54. The summed E-state index contributed by atoms with van der Waals surface area (Å²) in [5, 5.41) is 12.6. The average Bonchev–Trinajstić information content (AvgIpc) is 2.29. The predicted octanol–water partition coefficient (Wildman–Crippen LogP) is 2.27. The molecule has 1 unspecified atom stereocenters. The van der Waals surface area contributed by atoms with Crippen molar-refractivity contribution in [2.45, 2.75) is 30.9 Å². The van der Waals surface area contributed by atoms with Gasteiger partial charge in [0.25, 0.3) is 0 Å². The second-order valence-corrected chi connectivity index (χ2v) is 4.42. The summed E-state index contributed by atoms with van der Waals surface area (Å²) in [4.78, 5) is 1.28.